The summed E-state index contributed by atoms with van der Waals surface area (Å²) in [5.41, 5.74) is 2.99. The number of carbonyl (C=O) groups excluding carboxylic acids is 2. The fraction of sp³-hybridized carbons (Fsp3) is 0.538. The molecule has 2 aromatic rings. The molecule has 0 saturated carbocycles. The van der Waals surface area contributed by atoms with Crippen LogP contribution in [-0.4, -0.2) is 23.3 Å². The predicted molar refractivity (Wildman–Crippen MR) is 125 cm³/mol. The lowest BCUT2D eigenvalue weighted by Gasteiger charge is -2.27. The number of anilines is 1. The van der Waals surface area contributed by atoms with Gasteiger partial charge in [0.05, 0.1) is 0 Å². The third kappa shape index (κ3) is 6.22. The van der Waals surface area contributed by atoms with Crippen LogP contribution in [0.3, 0.4) is 0 Å². The summed E-state index contributed by atoms with van der Waals surface area (Å²) in [6, 6.07) is 9.80. The number of hydrogen-bond acceptors (Lipinski definition) is 3. The molecule has 0 aliphatic carbocycles. The lowest BCUT2D eigenvalue weighted by molar-refractivity contribution is -0.135. The molecule has 1 unspecified atom stereocenters. The Hall–Kier alpha value is -2.56. The molecule has 1 N–H and O–H groups in total. The SMILES string of the molecule is CC(CC(=O)Nc1cccc(-c2cc3c(o2)CCN(C(=O)C(C)C)C3)c1)CC(C)(C)C. The Bertz CT molecular complexity index is 936. The number of hydrogen-bond donors (Lipinski definition) is 1. The Morgan fingerprint density at radius 1 is 1.16 bits per heavy atom. The quantitative estimate of drug-likeness (QED) is 0.629. The molecule has 0 fully saturated rings. The number of nitrogens with one attached hydrogen (secondary N) is 1. The summed E-state index contributed by atoms with van der Waals surface area (Å²) in [5.74, 6) is 2.28. The van der Waals surface area contributed by atoms with Crippen molar-refractivity contribution in [3.63, 3.8) is 0 Å². The van der Waals surface area contributed by atoms with E-state index in [4.69, 9.17) is 4.42 Å². The van der Waals surface area contributed by atoms with Gasteiger partial charge in [0.25, 0.3) is 0 Å². The van der Waals surface area contributed by atoms with Crippen LogP contribution in [0.15, 0.2) is 34.7 Å². The fourth-order valence-electron chi connectivity index (χ4n) is 4.42. The Kier molecular flexibility index (Phi) is 6.93. The standard InChI is InChI=1S/C26H36N2O3/c1-17(2)25(30)28-11-10-22-20(16-28)14-23(31-22)19-8-7-9-21(13-19)27-24(29)12-18(3)15-26(4,5)6/h7-9,13-14,17-18H,10-12,15-16H2,1-6H3,(H,27,29). The summed E-state index contributed by atoms with van der Waals surface area (Å²) < 4.78 is 6.11. The second kappa shape index (κ2) is 9.29. The molecule has 5 nitrogen and oxygen atoms in total. The maximum absolute atomic E-state index is 12.5. The van der Waals surface area contributed by atoms with Crippen molar-refractivity contribution in [2.24, 2.45) is 17.3 Å². The van der Waals surface area contributed by atoms with Gasteiger partial charge >= 0.3 is 0 Å². The van der Waals surface area contributed by atoms with Gasteiger partial charge in [0.15, 0.2) is 0 Å². The van der Waals surface area contributed by atoms with Gasteiger partial charge < -0.3 is 14.6 Å². The van der Waals surface area contributed by atoms with Crippen molar-refractivity contribution < 1.29 is 14.0 Å². The predicted octanol–water partition coefficient (Wildman–Crippen LogP) is 5.89. The molecule has 1 aliphatic heterocycles. The zero-order valence-electron chi connectivity index (χ0n) is 19.7. The van der Waals surface area contributed by atoms with E-state index in [0.717, 1.165) is 41.2 Å². The number of nitrogens with zero attached hydrogens (tertiary/aromatic N) is 1. The highest BCUT2D eigenvalue weighted by molar-refractivity contribution is 5.91. The second-order valence-electron chi connectivity index (χ2n) is 10.4. The van der Waals surface area contributed by atoms with Crippen LogP contribution in [0, 0.1) is 17.3 Å². The normalized spacial score (nSPS) is 15.0. The van der Waals surface area contributed by atoms with Crippen LogP contribution in [0.4, 0.5) is 5.69 Å². The lowest BCUT2D eigenvalue weighted by Crippen LogP contribution is -2.37. The maximum Gasteiger partial charge on any atom is 0.225 e. The smallest absolute Gasteiger partial charge is 0.225 e. The van der Waals surface area contributed by atoms with E-state index in [-0.39, 0.29) is 23.1 Å². The van der Waals surface area contributed by atoms with Crippen molar-refractivity contribution in [1.82, 2.24) is 4.90 Å². The molecule has 1 atom stereocenters. The first-order valence-electron chi connectivity index (χ1n) is 11.3. The van der Waals surface area contributed by atoms with Gasteiger partial charge in [-0.15, -0.1) is 0 Å². The van der Waals surface area contributed by atoms with E-state index in [1.807, 2.05) is 49.1 Å². The molecular formula is C26H36N2O3. The van der Waals surface area contributed by atoms with Gasteiger partial charge in [-0.2, -0.15) is 0 Å². The van der Waals surface area contributed by atoms with E-state index in [9.17, 15) is 9.59 Å². The minimum absolute atomic E-state index is 0.000619. The van der Waals surface area contributed by atoms with Gasteiger partial charge in [0.1, 0.15) is 11.5 Å². The van der Waals surface area contributed by atoms with Gasteiger partial charge in [0, 0.05) is 48.7 Å². The minimum atomic E-state index is -0.000619. The molecule has 0 saturated heterocycles. The van der Waals surface area contributed by atoms with E-state index in [2.05, 4.69) is 33.0 Å². The molecule has 168 valence electrons. The highest BCUT2D eigenvalue weighted by atomic mass is 16.3. The van der Waals surface area contributed by atoms with Crippen molar-refractivity contribution in [3.8, 4) is 11.3 Å². The molecule has 0 spiro atoms. The van der Waals surface area contributed by atoms with Gasteiger partial charge in [-0.3, -0.25) is 9.59 Å². The van der Waals surface area contributed by atoms with Crippen molar-refractivity contribution in [2.45, 2.75) is 67.3 Å². The summed E-state index contributed by atoms with van der Waals surface area (Å²) in [4.78, 5) is 26.7. The summed E-state index contributed by atoms with van der Waals surface area (Å²) in [5, 5.41) is 3.03. The third-order valence-corrected chi connectivity index (χ3v) is 5.60. The molecule has 31 heavy (non-hydrogen) atoms. The van der Waals surface area contributed by atoms with Crippen molar-refractivity contribution in [2.75, 3.05) is 11.9 Å². The molecule has 1 aliphatic rings. The fourth-order valence-corrected chi connectivity index (χ4v) is 4.42. The Labute approximate surface area is 186 Å². The van der Waals surface area contributed by atoms with Gasteiger partial charge in [-0.25, -0.2) is 0 Å². The number of amides is 2. The number of furan rings is 1. The summed E-state index contributed by atoms with van der Waals surface area (Å²) in [6.45, 7) is 13.9. The van der Waals surface area contributed by atoms with Crippen LogP contribution in [0.5, 0.6) is 0 Å². The maximum atomic E-state index is 12.5. The number of rotatable bonds is 6. The van der Waals surface area contributed by atoms with E-state index < -0.39 is 0 Å². The monoisotopic (exact) mass is 424 g/mol. The molecule has 1 aromatic carbocycles. The Morgan fingerprint density at radius 3 is 2.58 bits per heavy atom. The average molecular weight is 425 g/mol. The number of benzene rings is 1. The van der Waals surface area contributed by atoms with Gasteiger partial charge in [-0.05, 0) is 36.0 Å². The average Bonchev–Trinajstić information content (AvgIpc) is 3.09. The summed E-state index contributed by atoms with van der Waals surface area (Å²) in [7, 11) is 0. The first-order valence-corrected chi connectivity index (χ1v) is 11.3. The first kappa shape index (κ1) is 23.1. The zero-order valence-corrected chi connectivity index (χ0v) is 19.7. The first-order chi connectivity index (χ1) is 14.5. The molecule has 1 aromatic heterocycles. The lowest BCUT2D eigenvalue weighted by atomic mass is 9.84. The largest absolute Gasteiger partial charge is 0.461 e. The molecule has 0 radical (unpaired) electrons. The van der Waals surface area contributed by atoms with Crippen LogP contribution in [0.2, 0.25) is 0 Å². The molecule has 0 bridgehead atoms. The van der Waals surface area contributed by atoms with Crippen molar-refractivity contribution >= 4 is 17.5 Å². The highest BCUT2D eigenvalue weighted by Crippen LogP contribution is 2.31. The number of carbonyl (C=O) groups is 2. The number of fused-ring (bicyclic) bond motifs is 1. The van der Waals surface area contributed by atoms with Crippen LogP contribution in [-0.2, 0) is 22.6 Å². The zero-order chi connectivity index (χ0) is 22.8. The van der Waals surface area contributed by atoms with Crippen molar-refractivity contribution in [1.29, 1.82) is 0 Å². The van der Waals surface area contributed by atoms with Crippen LogP contribution in [0.25, 0.3) is 11.3 Å². The van der Waals surface area contributed by atoms with Crippen LogP contribution >= 0.6 is 0 Å². The molecule has 3 rings (SSSR count). The highest BCUT2D eigenvalue weighted by Gasteiger charge is 2.26. The third-order valence-electron chi connectivity index (χ3n) is 5.60. The van der Waals surface area contributed by atoms with E-state index >= 15 is 0 Å². The van der Waals surface area contributed by atoms with Crippen LogP contribution in [0.1, 0.15) is 65.7 Å². The Balaban J connectivity index is 1.67. The van der Waals surface area contributed by atoms with Crippen LogP contribution < -0.4 is 5.32 Å². The molecule has 5 heteroatoms. The minimum Gasteiger partial charge on any atom is -0.461 e. The van der Waals surface area contributed by atoms with Gasteiger partial charge in [-0.1, -0.05) is 53.7 Å². The summed E-state index contributed by atoms with van der Waals surface area (Å²) in [6.07, 6.45) is 2.25. The van der Waals surface area contributed by atoms with E-state index in [1.54, 1.807) is 0 Å². The van der Waals surface area contributed by atoms with Crippen molar-refractivity contribution in [3.05, 3.63) is 41.7 Å². The Morgan fingerprint density at radius 2 is 1.90 bits per heavy atom. The van der Waals surface area contributed by atoms with Gasteiger partial charge in [0.2, 0.25) is 11.8 Å². The van der Waals surface area contributed by atoms with E-state index in [1.165, 1.54) is 0 Å². The molecule has 2 amide bonds. The van der Waals surface area contributed by atoms with E-state index in [0.29, 0.717) is 25.4 Å². The summed E-state index contributed by atoms with van der Waals surface area (Å²) >= 11 is 0. The second-order valence-corrected chi connectivity index (χ2v) is 10.4. The topological polar surface area (TPSA) is 62.6 Å². The molecular weight excluding hydrogens is 388 g/mol. The molecule has 2 heterocycles.